The largest absolute Gasteiger partial charge is 0.494 e. The third-order valence-corrected chi connectivity index (χ3v) is 7.71. The van der Waals surface area contributed by atoms with Crippen molar-refractivity contribution in [3.05, 3.63) is 51.7 Å². The van der Waals surface area contributed by atoms with Crippen molar-refractivity contribution in [2.24, 2.45) is 5.92 Å². The normalized spacial score (nSPS) is 25.0. The second kappa shape index (κ2) is 8.35. The van der Waals surface area contributed by atoms with E-state index in [2.05, 4.69) is 11.9 Å². The van der Waals surface area contributed by atoms with Crippen molar-refractivity contribution in [3.8, 4) is 5.75 Å². The number of ether oxygens (including phenoxy) is 2. The van der Waals surface area contributed by atoms with E-state index in [1.807, 2.05) is 38.1 Å². The fourth-order valence-corrected chi connectivity index (χ4v) is 5.85. The van der Waals surface area contributed by atoms with Gasteiger partial charge < -0.3 is 9.47 Å². The highest BCUT2D eigenvalue weighted by Crippen LogP contribution is 2.49. The van der Waals surface area contributed by atoms with Crippen LogP contribution in [0.25, 0.3) is 0 Å². The zero-order valence-electron chi connectivity index (χ0n) is 18.7. The molecule has 2 aliphatic heterocycles. The molecule has 0 radical (unpaired) electrons. The first kappa shape index (κ1) is 21.2. The van der Waals surface area contributed by atoms with Gasteiger partial charge in [0, 0.05) is 4.88 Å². The first-order chi connectivity index (χ1) is 15.5. The van der Waals surface area contributed by atoms with Gasteiger partial charge in [0.25, 0.3) is 5.91 Å². The highest BCUT2D eigenvalue weighted by molar-refractivity contribution is 7.15. The van der Waals surface area contributed by atoms with E-state index in [0.29, 0.717) is 17.3 Å². The third kappa shape index (κ3) is 3.43. The van der Waals surface area contributed by atoms with Gasteiger partial charge in [0.15, 0.2) is 16.7 Å². The molecule has 3 heterocycles. The van der Waals surface area contributed by atoms with Crippen LogP contribution < -0.4 is 9.64 Å². The van der Waals surface area contributed by atoms with Crippen molar-refractivity contribution in [2.45, 2.75) is 65.0 Å². The molecular formula is C25H28N2O4S. The topological polar surface area (TPSA) is 68.7 Å². The molecule has 168 valence electrons. The SMILES string of the molecule is CCCOc1cccc(C2C3=C(OC4CCCCC4C3=O)C(=O)N2c2nc(C)c(C)s2)c1. The number of rotatable bonds is 5. The molecule has 1 aliphatic carbocycles. The van der Waals surface area contributed by atoms with E-state index in [0.717, 1.165) is 54.0 Å². The Labute approximate surface area is 192 Å². The lowest BCUT2D eigenvalue weighted by Crippen LogP contribution is -2.39. The Morgan fingerprint density at radius 1 is 1.22 bits per heavy atom. The average molecular weight is 453 g/mol. The number of hydrogen-bond acceptors (Lipinski definition) is 6. The van der Waals surface area contributed by atoms with Crippen molar-refractivity contribution in [1.29, 1.82) is 0 Å². The van der Waals surface area contributed by atoms with Crippen LogP contribution in [0.4, 0.5) is 5.13 Å². The van der Waals surface area contributed by atoms with Crippen LogP contribution in [-0.4, -0.2) is 29.4 Å². The number of anilines is 1. The minimum absolute atomic E-state index is 0.0571. The monoisotopic (exact) mass is 452 g/mol. The van der Waals surface area contributed by atoms with Crippen LogP contribution in [-0.2, 0) is 14.3 Å². The van der Waals surface area contributed by atoms with Crippen LogP contribution >= 0.6 is 11.3 Å². The zero-order valence-corrected chi connectivity index (χ0v) is 19.5. The first-order valence-electron chi connectivity index (χ1n) is 11.4. The van der Waals surface area contributed by atoms with Crippen molar-refractivity contribution in [1.82, 2.24) is 4.98 Å². The van der Waals surface area contributed by atoms with Crippen LogP contribution in [0, 0.1) is 19.8 Å². The van der Waals surface area contributed by atoms with Crippen molar-refractivity contribution in [2.75, 3.05) is 11.5 Å². The summed E-state index contributed by atoms with van der Waals surface area (Å²) < 4.78 is 12.1. The lowest BCUT2D eigenvalue weighted by Gasteiger charge is -2.35. The summed E-state index contributed by atoms with van der Waals surface area (Å²) in [5.74, 6) is 0.570. The maximum absolute atomic E-state index is 13.7. The highest BCUT2D eigenvalue weighted by Gasteiger charge is 2.53. The Balaban J connectivity index is 1.63. The van der Waals surface area contributed by atoms with Crippen LogP contribution in [0.3, 0.4) is 0 Å². The Kier molecular flexibility index (Phi) is 5.53. The number of Topliss-reactive ketones (excluding diaryl/α,β-unsaturated/α-hetero) is 1. The molecule has 1 aromatic heterocycles. The second-order valence-electron chi connectivity index (χ2n) is 8.79. The van der Waals surface area contributed by atoms with Crippen LogP contribution in [0.15, 0.2) is 35.6 Å². The van der Waals surface area contributed by atoms with E-state index < -0.39 is 6.04 Å². The third-order valence-electron chi connectivity index (χ3n) is 6.63. The minimum atomic E-state index is -0.553. The van der Waals surface area contributed by atoms with Crippen molar-refractivity contribution in [3.63, 3.8) is 0 Å². The van der Waals surface area contributed by atoms with Gasteiger partial charge in [0.2, 0.25) is 0 Å². The van der Waals surface area contributed by atoms with Gasteiger partial charge >= 0.3 is 0 Å². The highest BCUT2D eigenvalue weighted by atomic mass is 32.1. The quantitative estimate of drug-likeness (QED) is 0.635. The van der Waals surface area contributed by atoms with Gasteiger partial charge in [-0.3, -0.25) is 14.5 Å². The predicted molar refractivity (Wildman–Crippen MR) is 123 cm³/mol. The molecule has 6 nitrogen and oxygen atoms in total. The molecule has 3 aliphatic rings. The maximum atomic E-state index is 13.7. The molecule has 3 atom stereocenters. The van der Waals surface area contributed by atoms with Crippen molar-refractivity contribution >= 4 is 28.2 Å². The van der Waals surface area contributed by atoms with E-state index in [1.165, 1.54) is 11.3 Å². The van der Waals surface area contributed by atoms with Gasteiger partial charge in [-0.2, -0.15) is 0 Å². The summed E-state index contributed by atoms with van der Waals surface area (Å²) in [5, 5.41) is 0.601. The van der Waals surface area contributed by atoms with Gasteiger partial charge in [0.05, 0.1) is 29.8 Å². The summed E-state index contributed by atoms with van der Waals surface area (Å²) in [7, 11) is 0. The Morgan fingerprint density at radius 2 is 2.03 bits per heavy atom. The van der Waals surface area contributed by atoms with Crippen LogP contribution in [0.1, 0.15) is 61.2 Å². The molecule has 1 saturated carbocycles. The molecular weight excluding hydrogens is 424 g/mol. The molecule has 32 heavy (non-hydrogen) atoms. The number of ketones is 1. The molecule has 2 aromatic rings. The van der Waals surface area contributed by atoms with Gasteiger partial charge in [-0.15, -0.1) is 11.3 Å². The molecule has 7 heteroatoms. The number of benzene rings is 1. The Morgan fingerprint density at radius 3 is 2.78 bits per heavy atom. The molecule has 1 fully saturated rings. The number of nitrogens with zero attached hydrogens (tertiary/aromatic N) is 2. The smallest absolute Gasteiger partial charge is 0.296 e. The van der Waals surface area contributed by atoms with Gasteiger partial charge in [-0.1, -0.05) is 25.5 Å². The van der Waals surface area contributed by atoms with Crippen LogP contribution in [0.5, 0.6) is 5.75 Å². The molecule has 0 N–H and O–H groups in total. The number of aromatic nitrogens is 1. The Bertz CT molecular complexity index is 1090. The van der Waals surface area contributed by atoms with Gasteiger partial charge in [-0.25, -0.2) is 4.98 Å². The fourth-order valence-electron chi connectivity index (χ4n) is 4.91. The summed E-state index contributed by atoms with van der Waals surface area (Å²) in [4.78, 5) is 34.7. The summed E-state index contributed by atoms with van der Waals surface area (Å²) in [6, 6.07) is 7.15. The molecule has 0 saturated heterocycles. The van der Waals surface area contributed by atoms with Gasteiger partial charge in [0.1, 0.15) is 11.9 Å². The fraction of sp³-hybridized carbons (Fsp3) is 0.480. The molecule has 1 amide bonds. The summed E-state index contributed by atoms with van der Waals surface area (Å²) in [6.45, 7) is 6.61. The number of amides is 1. The lowest BCUT2D eigenvalue weighted by molar-refractivity contribution is -0.131. The second-order valence-corrected chi connectivity index (χ2v) is 9.97. The van der Waals surface area contributed by atoms with Crippen molar-refractivity contribution < 1.29 is 19.1 Å². The van der Waals surface area contributed by atoms with Crippen LogP contribution in [0.2, 0.25) is 0 Å². The predicted octanol–water partition coefficient (Wildman–Crippen LogP) is 5.05. The molecule has 0 spiro atoms. The van der Waals surface area contributed by atoms with E-state index in [9.17, 15) is 9.59 Å². The van der Waals surface area contributed by atoms with E-state index >= 15 is 0 Å². The van der Waals surface area contributed by atoms with E-state index in [-0.39, 0.29) is 29.5 Å². The first-order valence-corrected chi connectivity index (χ1v) is 12.3. The lowest BCUT2D eigenvalue weighted by atomic mass is 9.77. The standard InChI is InChI=1S/C25H28N2O4S/c1-4-12-30-17-9-7-8-16(13-17)21-20-22(28)18-10-5-6-11-19(18)31-23(20)24(29)27(21)25-26-14(2)15(3)32-25/h7-9,13,18-19,21H,4-6,10-12H2,1-3H3. The summed E-state index contributed by atoms with van der Waals surface area (Å²) in [5.41, 5.74) is 2.22. The van der Waals surface area contributed by atoms with E-state index in [1.54, 1.807) is 4.90 Å². The number of thiazole rings is 1. The number of fused-ring (bicyclic) bond motifs is 1. The average Bonchev–Trinajstić information content (AvgIpc) is 3.28. The molecule has 1 aromatic carbocycles. The number of carbonyl (C=O) groups excluding carboxylic acids is 2. The molecule has 3 unspecified atom stereocenters. The zero-order chi connectivity index (χ0) is 22.4. The molecule has 5 rings (SSSR count). The minimum Gasteiger partial charge on any atom is -0.494 e. The maximum Gasteiger partial charge on any atom is 0.296 e. The Hall–Kier alpha value is -2.67. The van der Waals surface area contributed by atoms with Gasteiger partial charge in [-0.05, 0) is 57.2 Å². The summed E-state index contributed by atoms with van der Waals surface area (Å²) >= 11 is 1.47. The number of hydrogen-bond donors (Lipinski definition) is 0. The number of aryl methyl sites for hydroxylation is 2. The van der Waals surface area contributed by atoms with E-state index in [4.69, 9.17) is 9.47 Å². The summed E-state index contributed by atoms with van der Waals surface area (Å²) in [6.07, 6.45) is 4.39. The number of carbonyl (C=O) groups is 2. The molecule has 0 bridgehead atoms.